The number of hydrogen-bond donors (Lipinski definition) is 0. The fourth-order valence-electron chi connectivity index (χ4n) is 5.19. The molecule has 6 rings (SSSR count). The quantitative estimate of drug-likeness (QED) is 0.307. The van der Waals surface area contributed by atoms with Gasteiger partial charge in [0.05, 0.1) is 22.4 Å². The minimum absolute atomic E-state index is 0.384. The Morgan fingerprint density at radius 2 is 1.67 bits per heavy atom. The zero-order valence-electron chi connectivity index (χ0n) is 17.6. The van der Waals surface area contributed by atoms with Gasteiger partial charge in [-0.25, -0.2) is 0 Å². The van der Waals surface area contributed by atoms with Crippen LogP contribution < -0.4 is 0 Å². The summed E-state index contributed by atoms with van der Waals surface area (Å²) in [6.07, 6.45) is 1.86. The van der Waals surface area contributed by atoms with Crippen LogP contribution in [0.2, 0.25) is 0 Å². The Kier molecular flexibility index (Phi) is 3.67. The lowest BCUT2D eigenvalue weighted by Gasteiger charge is -2.29. The molecule has 0 spiro atoms. The highest BCUT2D eigenvalue weighted by atomic mass is 15.0. The molecule has 1 aliphatic rings. The Hall–Kier alpha value is -3.39. The van der Waals surface area contributed by atoms with E-state index in [0.29, 0.717) is 11.8 Å². The summed E-state index contributed by atoms with van der Waals surface area (Å²) < 4.78 is 2.52. The van der Waals surface area contributed by atoms with Crippen LogP contribution in [-0.4, -0.2) is 9.55 Å². The maximum absolute atomic E-state index is 4.57. The van der Waals surface area contributed by atoms with Crippen LogP contribution in [0.25, 0.3) is 38.8 Å². The van der Waals surface area contributed by atoms with Gasteiger partial charge in [-0.1, -0.05) is 69.3 Å². The predicted molar refractivity (Wildman–Crippen MR) is 126 cm³/mol. The number of para-hydroxylation sites is 2. The Bertz CT molecular complexity index is 1420. The summed E-state index contributed by atoms with van der Waals surface area (Å²) in [6.45, 7) is 6.93. The molecule has 0 radical (unpaired) electrons. The molecule has 2 aromatic heterocycles. The molecule has 146 valence electrons. The summed E-state index contributed by atoms with van der Waals surface area (Å²) in [4.78, 5) is 4.57. The maximum atomic E-state index is 4.57. The van der Waals surface area contributed by atoms with Crippen LogP contribution in [0.4, 0.5) is 0 Å². The third kappa shape index (κ3) is 2.28. The van der Waals surface area contributed by atoms with Crippen molar-refractivity contribution in [3.63, 3.8) is 0 Å². The van der Waals surface area contributed by atoms with Crippen molar-refractivity contribution in [2.45, 2.75) is 32.6 Å². The predicted octanol–water partition coefficient (Wildman–Crippen LogP) is 7.43. The zero-order chi connectivity index (χ0) is 20.4. The van der Waals surface area contributed by atoms with E-state index in [9.17, 15) is 0 Å². The SMILES string of the molecule is CC(C)c1cccc2c1-n1c3ccc(-c4ccccn4)cc3c3cccc(c31)C2C. The van der Waals surface area contributed by atoms with Crippen LogP contribution >= 0.6 is 0 Å². The summed E-state index contributed by atoms with van der Waals surface area (Å²) in [5, 5.41) is 2.63. The molecule has 30 heavy (non-hydrogen) atoms. The molecule has 0 bridgehead atoms. The number of fused-ring (bicyclic) bond motifs is 5. The molecule has 0 fully saturated rings. The molecule has 3 heterocycles. The molecule has 1 aliphatic heterocycles. The van der Waals surface area contributed by atoms with Gasteiger partial charge in [0.1, 0.15) is 0 Å². The van der Waals surface area contributed by atoms with E-state index in [-0.39, 0.29) is 0 Å². The topological polar surface area (TPSA) is 17.8 Å². The molecule has 0 aliphatic carbocycles. The van der Waals surface area contributed by atoms with Crippen LogP contribution in [0.15, 0.2) is 79.0 Å². The molecular weight excluding hydrogens is 364 g/mol. The normalized spacial score (nSPS) is 15.1. The third-order valence-electron chi connectivity index (χ3n) is 6.66. The third-order valence-corrected chi connectivity index (χ3v) is 6.66. The van der Waals surface area contributed by atoms with Crippen molar-refractivity contribution >= 4 is 21.8 Å². The summed E-state index contributed by atoms with van der Waals surface area (Å²) in [5.41, 5.74) is 10.5. The van der Waals surface area contributed by atoms with E-state index in [2.05, 4.69) is 97.1 Å². The van der Waals surface area contributed by atoms with Gasteiger partial charge in [0.25, 0.3) is 0 Å². The maximum Gasteiger partial charge on any atom is 0.0702 e. The van der Waals surface area contributed by atoms with Gasteiger partial charge < -0.3 is 4.57 Å². The fraction of sp³-hybridized carbons (Fsp3) is 0.179. The first-order chi connectivity index (χ1) is 14.6. The van der Waals surface area contributed by atoms with E-state index in [1.165, 1.54) is 44.2 Å². The largest absolute Gasteiger partial charge is 0.308 e. The van der Waals surface area contributed by atoms with E-state index >= 15 is 0 Å². The number of rotatable bonds is 2. The van der Waals surface area contributed by atoms with E-state index in [1.54, 1.807) is 0 Å². The van der Waals surface area contributed by atoms with Crippen molar-refractivity contribution in [1.82, 2.24) is 9.55 Å². The Morgan fingerprint density at radius 1 is 0.833 bits per heavy atom. The molecule has 3 aromatic carbocycles. The van der Waals surface area contributed by atoms with Crippen molar-refractivity contribution in [2.75, 3.05) is 0 Å². The lowest BCUT2D eigenvalue weighted by Crippen LogP contribution is -2.14. The lowest BCUT2D eigenvalue weighted by atomic mass is 9.84. The summed E-state index contributed by atoms with van der Waals surface area (Å²) in [5.74, 6) is 0.854. The highest BCUT2D eigenvalue weighted by molar-refractivity contribution is 6.12. The van der Waals surface area contributed by atoms with Crippen molar-refractivity contribution in [3.05, 3.63) is 95.7 Å². The van der Waals surface area contributed by atoms with Crippen LogP contribution in [0.5, 0.6) is 0 Å². The molecule has 0 saturated heterocycles. The molecule has 1 atom stereocenters. The average Bonchev–Trinajstić information content (AvgIpc) is 3.12. The first-order valence-electron chi connectivity index (χ1n) is 10.8. The van der Waals surface area contributed by atoms with E-state index < -0.39 is 0 Å². The molecule has 0 amide bonds. The van der Waals surface area contributed by atoms with Crippen molar-refractivity contribution in [2.24, 2.45) is 0 Å². The number of pyridine rings is 1. The standard InChI is InChI=1S/C28H24N2/c1-17(2)20-8-6-9-21-18(3)22-10-7-11-23-24-16-19(25-12-4-5-15-29-25)13-14-26(24)30(27(20)21)28(22)23/h4-18H,1-3H3. The van der Waals surface area contributed by atoms with Gasteiger partial charge in [0.15, 0.2) is 0 Å². The lowest BCUT2D eigenvalue weighted by molar-refractivity contribution is 0.819. The zero-order valence-corrected chi connectivity index (χ0v) is 17.6. The second-order valence-electron chi connectivity index (χ2n) is 8.69. The van der Waals surface area contributed by atoms with Gasteiger partial charge in [-0.3, -0.25) is 4.98 Å². The molecule has 0 saturated carbocycles. The molecular formula is C28H24N2. The number of aromatic nitrogens is 2. The van der Waals surface area contributed by atoms with Crippen LogP contribution in [-0.2, 0) is 0 Å². The second-order valence-corrected chi connectivity index (χ2v) is 8.69. The van der Waals surface area contributed by atoms with Crippen LogP contribution in [0, 0.1) is 0 Å². The monoisotopic (exact) mass is 388 g/mol. The Morgan fingerprint density at radius 3 is 2.47 bits per heavy atom. The van der Waals surface area contributed by atoms with Crippen molar-refractivity contribution < 1.29 is 0 Å². The van der Waals surface area contributed by atoms with Gasteiger partial charge in [-0.15, -0.1) is 0 Å². The Balaban J connectivity index is 1.77. The van der Waals surface area contributed by atoms with Gasteiger partial charge in [-0.2, -0.15) is 0 Å². The van der Waals surface area contributed by atoms with E-state index in [0.717, 1.165) is 11.3 Å². The minimum Gasteiger partial charge on any atom is -0.308 e. The van der Waals surface area contributed by atoms with Crippen LogP contribution in [0.3, 0.4) is 0 Å². The summed E-state index contributed by atoms with van der Waals surface area (Å²) in [6, 6.07) is 26.5. The smallest absolute Gasteiger partial charge is 0.0702 e. The molecule has 2 nitrogen and oxygen atoms in total. The van der Waals surface area contributed by atoms with Gasteiger partial charge >= 0.3 is 0 Å². The summed E-state index contributed by atoms with van der Waals surface area (Å²) in [7, 11) is 0. The average molecular weight is 389 g/mol. The van der Waals surface area contributed by atoms with Crippen LogP contribution in [0.1, 0.15) is 49.3 Å². The second kappa shape index (κ2) is 6.30. The van der Waals surface area contributed by atoms with Gasteiger partial charge in [0, 0.05) is 28.5 Å². The molecule has 1 unspecified atom stereocenters. The number of hydrogen-bond acceptors (Lipinski definition) is 1. The first kappa shape index (κ1) is 17.5. The number of nitrogens with zero attached hydrogens (tertiary/aromatic N) is 2. The highest BCUT2D eigenvalue weighted by Gasteiger charge is 2.29. The highest BCUT2D eigenvalue weighted by Crippen LogP contribution is 2.46. The molecule has 0 N–H and O–H groups in total. The van der Waals surface area contributed by atoms with E-state index in [4.69, 9.17) is 0 Å². The molecule has 2 heteroatoms. The number of benzene rings is 3. The van der Waals surface area contributed by atoms with Crippen molar-refractivity contribution in [1.29, 1.82) is 0 Å². The first-order valence-corrected chi connectivity index (χ1v) is 10.8. The van der Waals surface area contributed by atoms with Crippen molar-refractivity contribution in [3.8, 4) is 16.9 Å². The minimum atomic E-state index is 0.384. The van der Waals surface area contributed by atoms with Gasteiger partial charge in [0.2, 0.25) is 0 Å². The fourth-order valence-corrected chi connectivity index (χ4v) is 5.19. The Labute approximate surface area is 176 Å². The summed E-state index contributed by atoms with van der Waals surface area (Å²) >= 11 is 0. The molecule has 5 aromatic rings. The van der Waals surface area contributed by atoms with Gasteiger partial charge in [-0.05, 0) is 46.9 Å². The van der Waals surface area contributed by atoms with E-state index in [1.807, 2.05) is 12.3 Å².